The summed E-state index contributed by atoms with van der Waals surface area (Å²) < 4.78 is 48.3. The summed E-state index contributed by atoms with van der Waals surface area (Å²) in [7, 11) is 0. The Kier molecular flexibility index (Phi) is 6.64. The lowest BCUT2D eigenvalue weighted by atomic mass is 10.0. The van der Waals surface area contributed by atoms with Crippen LogP contribution < -0.4 is 20.3 Å². The molecule has 0 bridgehead atoms. The predicted octanol–water partition coefficient (Wildman–Crippen LogP) is 4.09. The van der Waals surface area contributed by atoms with Gasteiger partial charge in [-0.3, -0.25) is 0 Å². The van der Waals surface area contributed by atoms with Crippen molar-refractivity contribution in [3.8, 4) is 5.75 Å². The van der Waals surface area contributed by atoms with Crippen LogP contribution in [-0.4, -0.2) is 36.4 Å². The van der Waals surface area contributed by atoms with E-state index >= 15 is 0 Å². The highest BCUT2D eigenvalue weighted by molar-refractivity contribution is 5.93. The molecule has 1 atom stereocenters. The van der Waals surface area contributed by atoms with E-state index in [0.717, 1.165) is 0 Å². The Bertz CT molecular complexity index is 959. The number of anilines is 2. The molecule has 3 N–H and O–H groups in total. The Morgan fingerprint density at radius 1 is 1.19 bits per heavy atom. The monoisotopic (exact) mass is 437 g/mol. The molecule has 0 aliphatic carbocycles. The maximum absolute atomic E-state index is 14.3. The maximum atomic E-state index is 14.3. The maximum Gasteiger partial charge on any atom is 0.319 e. The standard InChI is InChI=1S/C22H26F3N3O3/c1-4-28(20-16(24)9-13(2)10-17(20)25)8-7-22(3,30)12-31-18-6-5-15(23)19-14(18)11-26-21(29)27-19/h5-6,9-10,30H,4,7-8,11-12H2,1-3H3,(H2,26,27,29). The van der Waals surface area contributed by atoms with E-state index in [1.54, 1.807) is 20.8 Å². The minimum Gasteiger partial charge on any atom is -0.490 e. The van der Waals surface area contributed by atoms with Crippen LogP contribution >= 0.6 is 0 Å². The van der Waals surface area contributed by atoms with E-state index in [0.29, 0.717) is 23.4 Å². The van der Waals surface area contributed by atoms with Crippen molar-refractivity contribution in [3.63, 3.8) is 0 Å². The van der Waals surface area contributed by atoms with E-state index in [1.807, 2.05) is 0 Å². The number of benzene rings is 2. The molecule has 0 fully saturated rings. The number of halogens is 3. The smallest absolute Gasteiger partial charge is 0.319 e. The van der Waals surface area contributed by atoms with Crippen molar-refractivity contribution in [3.05, 3.63) is 52.8 Å². The topological polar surface area (TPSA) is 73.8 Å². The molecule has 1 aliphatic rings. The zero-order valence-electron chi connectivity index (χ0n) is 17.7. The van der Waals surface area contributed by atoms with Gasteiger partial charge in [-0.1, -0.05) is 0 Å². The number of nitrogens with one attached hydrogen (secondary N) is 2. The van der Waals surface area contributed by atoms with Gasteiger partial charge >= 0.3 is 6.03 Å². The van der Waals surface area contributed by atoms with Crippen molar-refractivity contribution in [1.29, 1.82) is 0 Å². The van der Waals surface area contributed by atoms with Crippen LogP contribution in [0.3, 0.4) is 0 Å². The first-order valence-electron chi connectivity index (χ1n) is 10.0. The van der Waals surface area contributed by atoms with Gasteiger partial charge in [-0.05, 0) is 57.0 Å². The van der Waals surface area contributed by atoms with Gasteiger partial charge in [-0.15, -0.1) is 0 Å². The first-order chi connectivity index (χ1) is 14.6. The Morgan fingerprint density at radius 3 is 2.52 bits per heavy atom. The van der Waals surface area contributed by atoms with Crippen molar-refractivity contribution in [2.45, 2.75) is 39.3 Å². The van der Waals surface area contributed by atoms with Crippen molar-refractivity contribution < 1.29 is 27.8 Å². The number of carbonyl (C=O) groups is 1. The van der Waals surface area contributed by atoms with Gasteiger partial charge in [-0.2, -0.15) is 0 Å². The van der Waals surface area contributed by atoms with E-state index in [1.165, 1.54) is 29.2 Å². The van der Waals surface area contributed by atoms with Crippen LogP contribution in [0.15, 0.2) is 24.3 Å². The Morgan fingerprint density at radius 2 is 1.87 bits per heavy atom. The largest absolute Gasteiger partial charge is 0.490 e. The second-order valence-corrected chi connectivity index (χ2v) is 7.90. The van der Waals surface area contributed by atoms with Gasteiger partial charge < -0.3 is 25.4 Å². The molecule has 1 heterocycles. The van der Waals surface area contributed by atoms with Crippen LogP contribution in [0.1, 0.15) is 31.4 Å². The second kappa shape index (κ2) is 9.05. The number of rotatable bonds is 8. The van der Waals surface area contributed by atoms with Gasteiger partial charge in [-0.25, -0.2) is 18.0 Å². The molecule has 2 aromatic carbocycles. The van der Waals surface area contributed by atoms with Gasteiger partial charge in [0.15, 0.2) is 0 Å². The third kappa shape index (κ3) is 5.22. The summed E-state index contributed by atoms with van der Waals surface area (Å²) in [6.07, 6.45) is 0.173. The molecule has 0 radical (unpaired) electrons. The quantitative estimate of drug-likeness (QED) is 0.582. The lowest BCUT2D eigenvalue weighted by Gasteiger charge is -2.30. The lowest BCUT2D eigenvalue weighted by molar-refractivity contribution is 0.00577. The van der Waals surface area contributed by atoms with E-state index in [-0.39, 0.29) is 37.5 Å². The summed E-state index contributed by atoms with van der Waals surface area (Å²) in [5.74, 6) is -1.55. The Labute approximate surface area is 179 Å². The summed E-state index contributed by atoms with van der Waals surface area (Å²) in [5, 5.41) is 15.7. The average Bonchev–Trinajstić information content (AvgIpc) is 2.69. The number of carbonyl (C=O) groups excluding carboxylic acids is 1. The molecule has 168 valence electrons. The number of urea groups is 1. The van der Waals surface area contributed by atoms with Crippen LogP contribution in [0.5, 0.6) is 5.75 Å². The molecule has 9 heteroatoms. The molecule has 1 unspecified atom stereocenters. The average molecular weight is 437 g/mol. The van der Waals surface area contributed by atoms with Crippen molar-refractivity contribution in [2.75, 3.05) is 29.9 Å². The third-order valence-electron chi connectivity index (χ3n) is 5.20. The summed E-state index contributed by atoms with van der Waals surface area (Å²) >= 11 is 0. The van der Waals surface area contributed by atoms with Crippen molar-refractivity contribution in [2.24, 2.45) is 0 Å². The number of nitrogens with zero attached hydrogens (tertiary/aromatic N) is 1. The van der Waals surface area contributed by atoms with E-state index in [4.69, 9.17) is 4.74 Å². The molecule has 3 rings (SSSR count). The van der Waals surface area contributed by atoms with Gasteiger partial charge in [0.1, 0.15) is 35.5 Å². The van der Waals surface area contributed by atoms with Crippen LogP contribution in [0.2, 0.25) is 0 Å². The summed E-state index contributed by atoms with van der Waals surface area (Å²) in [6, 6.07) is 4.64. The molecule has 0 aromatic heterocycles. The van der Waals surface area contributed by atoms with E-state index < -0.39 is 29.1 Å². The highest BCUT2D eigenvalue weighted by Crippen LogP contribution is 2.32. The Balaban J connectivity index is 1.67. The molecule has 2 aromatic rings. The highest BCUT2D eigenvalue weighted by atomic mass is 19.1. The fraction of sp³-hybridized carbons (Fsp3) is 0.409. The minimum atomic E-state index is -1.32. The number of aliphatic hydroxyl groups is 1. The normalized spacial score (nSPS) is 14.9. The number of hydrogen-bond donors (Lipinski definition) is 3. The van der Waals surface area contributed by atoms with Crippen LogP contribution in [0.25, 0.3) is 0 Å². The molecule has 6 nitrogen and oxygen atoms in total. The van der Waals surface area contributed by atoms with Crippen LogP contribution in [0.4, 0.5) is 29.3 Å². The number of fused-ring (bicyclic) bond motifs is 1. The third-order valence-corrected chi connectivity index (χ3v) is 5.20. The van der Waals surface area contributed by atoms with E-state index in [2.05, 4.69) is 10.6 Å². The van der Waals surface area contributed by atoms with Gasteiger partial charge in [0, 0.05) is 18.7 Å². The first kappa shape index (κ1) is 22.7. The van der Waals surface area contributed by atoms with Gasteiger partial charge in [0.2, 0.25) is 0 Å². The molecule has 0 spiro atoms. The number of amides is 2. The van der Waals surface area contributed by atoms with E-state index in [9.17, 15) is 23.1 Å². The summed E-state index contributed by atoms with van der Waals surface area (Å²) in [6.45, 7) is 5.45. The second-order valence-electron chi connectivity index (χ2n) is 7.90. The predicted molar refractivity (Wildman–Crippen MR) is 112 cm³/mol. The molecule has 1 aliphatic heterocycles. The van der Waals surface area contributed by atoms with Crippen molar-refractivity contribution >= 4 is 17.4 Å². The molecular weight excluding hydrogens is 411 g/mol. The minimum absolute atomic E-state index is 0.0448. The van der Waals surface area contributed by atoms with Crippen molar-refractivity contribution in [1.82, 2.24) is 5.32 Å². The zero-order chi connectivity index (χ0) is 22.8. The molecule has 0 saturated carbocycles. The van der Waals surface area contributed by atoms with Crippen LogP contribution in [0, 0.1) is 24.4 Å². The number of ether oxygens (including phenoxy) is 1. The SMILES string of the molecule is CCN(CCC(C)(O)COc1ccc(F)c2c1CNC(=O)N2)c1c(F)cc(C)cc1F. The molecule has 31 heavy (non-hydrogen) atoms. The lowest BCUT2D eigenvalue weighted by Crippen LogP contribution is -2.38. The fourth-order valence-corrected chi connectivity index (χ4v) is 3.48. The summed E-state index contributed by atoms with van der Waals surface area (Å²) in [4.78, 5) is 13.0. The number of aryl methyl sites for hydroxylation is 1. The fourth-order valence-electron chi connectivity index (χ4n) is 3.48. The molecular formula is C22H26F3N3O3. The van der Waals surface area contributed by atoms with Crippen LogP contribution in [-0.2, 0) is 6.54 Å². The van der Waals surface area contributed by atoms with Gasteiger partial charge in [0.05, 0.1) is 17.8 Å². The highest BCUT2D eigenvalue weighted by Gasteiger charge is 2.27. The molecule has 2 amide bonds. The zero-order valence-corrected chi connectivity index (χ0v) is 17.7. The first-order valence-corrected chi connectivity index (χ1v) is 10.0. The summed E-state index contributed by atoms with van der Waals surface area (Å²) in [5.41, 5.74) is -0.474. The van der Waals surface area contributed by atoms with Gasteiger partial charge in [0.25, 0.3) is 0 Å². The molecule has 0 saturated heterocycles. The Hall–Kier alpha value is -2.94. The number of hydrogen-bond acceptors (Lipinski definition) is 4.